The summed E-state index contributed by atoms with van der Waals surface area (Å²) in [5.41, 5.74) is 12.0. The minimum absolute atomic E-state index is 0.439. The lowest BCUT2D eigenvalue weighted by Crippen LogP contribution is -2.45. The molecule has 47 heavy (non-hydrogen) atoms. The van der Waals surface area contributed by atoms with Gasteiger partial charge in [-0.05, 0) is 88.8 Å². The van der Waals surface area contributed by atoms with E-state index in [0.717, 1.165) is 5.46 Å². The highest BCUT2D eigenvalue weighted by molar-refractivity contribution is 6.64. The third kappa shape index (κ3) is 3.59. The minimum atomic E-state index is -0.536. The maximum absolute atomic E-state index is 6.73. The Kier molecular flexibility index (Phi) is 6.01. The van der Waals surface area contributed by atoms with Crippen LogP contribution in [0.1, 0.15) is 72.2 Å². The summed E-state index contributed by atoms with van der Waals surface area (Å²) in [7, 11) is -0.472. The van der Waals surface area contributed by atoms with Crippen LogP contribution in [0, 0.1) is 0 Å². The van der Waals surface area contributed by atoms with Crippen molar-refractivity contribution in [3.8, 4) is 11.1 Å². The summed E-state index contributed by atoms with van der Waals surface area (Å²) in [5, 5.41) is 0. The highest BCUT2D eigenvalue weighted by atomic mass is 16.7. The monoisotopic (exact) mass is 608 g/mol. The third-order valence-corrected chi connectivity index (χ3v) is 11.5. The van der Waals surface area contributed by atoms with E-state index in [0.29, 0.717) is 0 Å². The molecule has 0 radical (unpaired) electrons. The van der Waals surface area contributed by atoms with Gasteiger partial charge in [0.05, 0.1) is 22.0 Å². The molecule has 1 heterocycles. The summed E-state index contributed by atoms with van der Waals surface area (Å²) in [6, 6.07) is 56.2. The minimum Gasteiger partial charge on any atom is -0.399 e. The Hall–Kier alpha value is -4.70. The van der Waals surface area contributed by atoms with Crippen molar-refractivity contribution < 1.29 is 9.31 Å². The summed E-state index contributed by atoms with van der Waals surface area (Å²) in [6.07, 6.45) is 0. The summed E-state index contributed by atoms with van der Waals surface area (Å²) in [4.78, 5) is 0. The highest BCUT2D eigenvalue weighted by Crippen LogP contribution is 2.64. The van der Waals surface area contributed by atoms with Gasteiger partial charge in [0.15, 0.2) is 0 Å². The first-order chi connectivity index (χ1) is 22.8. The van der Waals surface area contributed by atoms with Crippen molar-refractivity contribution in [3.05, 3.63) is 196 Å². The number of fused-ring (bicyclic) bond motifs is 9. The van der Waals surface area contributed by atoms with Crippen LogP contribution in [0.3, 0.4) is 0 Å². The summed E-state index contributed by atoms with van der Waals surface area (Å²) in [5.74, 6) is 0. The molecule has 0 atom stereocenters. The molecule has 0 N–H and O–H groups in total. The second-order valence-electron chi connectivity index (χ2n) is 14.2. The lowest BCUT2D eigenvalue weighted by atomic mass is 9.51. The Morgan fingerprint density at radius 2 is 0.787 bits per heavy atom. The molecule has 2 aliphatic carbocycles. The molecule has 6 aromatic carbocycles. The Labute approximate surface area is 278 Å². The van der Waals surface area contributed by atoms with E-state index in [9.17, 15) is 0 Å². The maximum atomic E-state index is 6.73. The van der Waals surface area contributed by atoms with Crippen LogP contribution in [0.25, 0.3) is 11.1 Å². The standard InChI is InChI=1S/C44H37BO2/c1-41(2)42(3,4)47-45(46-41)39-29-17-28-38-40(39)32-22-11-12-23-33(32)44(38)36-26-15-13-24-34(36)43(30-18-7-5-8-19-30,31-20-9-6-10-21-31)35-25-14-16-27-37(35)44/h5-29H,1-4H3. The van der Waals surface area contributed by atoms with E-state index in [2.05, 4.69) is 179 Å². The first kappa shape index (κ1) is 28.5. The molecule has 228 valence electrons. The molecule has 1 saturated heterocycles. The summed E-state index contributed by atoms with van der Waals surface area (Å²) < 4.78 is 13.5. The summed E-state index contributed by atoms with van der Waals surface area (Å²) >= 11 is 0. The zero-order valence-electron chi connectivity index (χ0n) is 27.3. The van der Waals surface area contributed by atoms with Crippen molar-refractivity contribution >= 4 is 12.6 Å². The first-order valence-electron chi connectivity index (χ1n) is 16.7. The lowest BCUT2D eigenvalue weighted by Gasteiger charge is -2.50. The van der Waals surface area contributed by atoms with Gasteiger partial charge in [-0.15, -0.1) is 0 Å². The van der Waals surface area contributed by atoms with Gasteiger partial charge >= 0.3 is 7.12 Å². The molecule has 6 aromatic rings. The topological polar surface area (TPSA) is 18.5 Å². The molecule has 3 heteroatoms. The second-order valence-corrected chi connectivity index (χ2v) is 14.2. The van der Waals surface area contributed by atoms with Crippen molar-refractivity contribution in [2.45, 2.75) is 49.7 Å². The van der Waals surface area contributed by atoms with E-state index in [-0.39, 0.29) is 0 Å². The van der Waals surface area contributed by atoms with Crippen LogP contribution in [0.2, 0.25) is 0 Å². The van der Waals surface area contributed by atoms with Gasteiger partial charge in [0.1, 0.15) is 0 Å². The fourth-order valence-corrected chi connectivity index (χ4v) is 8.83. The number of hydrogen-bond acceptors (Lipinski definition) is 2. The molecule has 9 rings (SSSR count). The zero-order valence-corrected chi connectivity index (χ0v) is 27.3. The Bertz CT molecular complexity index is 2060. The lowest BCUT2D eigenvalue weighted by molar-refractivity contribution is 0.00578. The van der Waals surface area contributed by atoms with Gasteiger partial charge in [0.2, 0.25) is 0 Å². The molecule has 1 aliphatic heterocycles. The Morgan fingerprint density at radius 1 is 0.383 bits per heavy atom. The number of benzene rings is 6. The van der Waals surface area contributed by atoms with Crippen LogP contribution in [0.5, 0.6) is 0 Å². The smallest absolute Gasteiger partial charge is 0.399 e. The van der Waals surface area contributed by atoms with Crippen LogP contribution >= 0.6 is 0 Å². The van der Waals surface area contributed by atoms with Gasteiger partial charge in [-0.1, -0.05) is 152 Å². The normalized spacial score (nSPS) is 18.7. The van der Waals surface area contributed by atoms with Crippen molar-refractivity contribution in [2.75, 3.05) is 0 Å². The quantitative estimate of drug-likeness (QED) is 0.186. The molecular weight excluding hydrogens is 571 g/mol. The van der Waals surface area contributed by atoms with Gasteiger partial charge < -0.3 is 9.31 Å². The molecule has 0 saturated carbocycles. The van der Waals surface area contributed by atoms with Crippen molar-refractivity contribution in [3.63, 3.8) is 0 Å². The van der Waals surface area contributed by atoms with E-state index in [4.69, 9.17) is 9.31 Å². The fraction of sp³-hybridized carbons (Fsp3) is 0.182. The van der Waals surface area contributed by atoms with Gasteiger partial charge in [0.25, 0.3) is 0 Å². The largest absolute Gasteiger partial charge is 0.495 e. The predicted molar refractivity (Wildman–Crippen MR) is 191 cm³/mol. The van der Waals surface area contributed by atoms with E-state index in [1.54, 1.807) is 0 Å². The van der Waals surface area contributed by atoms with E-state index < -0.39 is 29.2 Å². The average Bonchev–Trinajstić information content (AvgIpc) is 3.52. The van der Waals surface area contributed by atoms with Crippen LogP contribution in [0.15, 0.2) is 152 Å². The van der Waals surface area contributed by atoms with Gasteiger partial charge in [0, 0.05) is 0 Å². The third-order valence-electron chi connectivity index (χ3n) is 11.5. The molecule has 0 unspecified atom stereocenters. The SMILES string of the molecule is CC1(C)OB(c2cccc3c2-c2ccccc2C32c3ccccc3C(c3ccccc3)(c3ccccc3)c3ccccc32)OC1(C)C. The molecule has 0 aromatic heterocycles. The number of hydrogen-bond donors (Lipinski definition) is 0. The van der Waals surface area contributed by atoms with Gasteiger partial charge in [-0.3, -0.25) is 0 Å². The molecule has 1 fully saturated rings. The highest BCUT2D eigenvalue weighted by Gasteiger charge is 2.58. The zero-order chi connectivity index (χ0) is 32.0. The van der Waals surface area contributed by atoms with E-state index >= 15 is 0 Å². The van der Waals surface area contributed by atoms with E-state index in [1.807, 2.05) is 0 Å². The van der Waals surface area contributed by atoms with Gasteiger partial charge in [-0.2, -0.15) is 0 Å². The van der Waals surface area contributed by atoms with Crippen LogP contribution in [0.4, 0.5) is 0 Å². The summed E-state index contributed by atoms with van der Waals surface area (Å²) in [6.45, 7) is 8.52. The van der Waals surface area contributed by atoms with Crippen molar-refractivity contribution in [2.24, 2.45) is 0 Å². The van der Waals surface area contributed by atoms with Crippen molar-refractivity contribution in [1.82, 2.24) is 0 Å². The van der Waals surface area contributed by atoms with Crippen molar-refractivity contribution in [1.29, 1.82) is 0 Å². The Morgan fingerprint density at radius 3 is 1.30 bits per heavy atom. The second kappa shape index (κ2) is 9.91. The molecular formula is C44H37BO2. The molecule has 2 nitrogen and oxygen atoms in total. The molecule has 0 amide bonds. The fourth-order valence-electron chi connectivity index (χ4n) is 8.83. The van der Waals surface area contributed by atoms with E-state index in [1.165, 1.54) is 55.6 Å². The van der Waals surface area contributed by atoms with Gasteiger partial charge in [-0.25, -0.2) is 0 Å². The predicted octanol–water partition coefficient (Wildman–Crippen LogP) is 9.05. The first-order valence-corrected chi connectivity index (χ1v) is 16.7. The molecule has 3 aliphatic rings. The van der Waals surface area contributed by atoms with Crippen LogP contribution < -0.4 is 5.46 Å². The molecule has 0 bridgehead atoms. The Balaban J connectivity index is 1.42. The van der Waals surface area contributed by atoms with Crippen LogP contribution in [-0.2, 0) is 20.1 Å². The molecule has 1 spiro atoms. The average molecular weight is 609 g/mol. The maximum Gasteiger partial charge on any atom is 0.495 e. The number of rotatable bonds is 3. The van der Waals surface area contributed by atoms with Crippen LogP contribution in [-0.4, -0.2) is 18.3 Å².